The molecule has 1 N–H and O–H groups in total. The summed E-state index contributed by atoms with van der Waals surface area (Å²) in [6, 6.07) is 23.0. The first kappa shape index (κ1) is 24.5. The number of nitrogens with one attached hydrogen (secondary N) is 1. The standard InChI is InChI=1S/C25H22BrN5O3S/c1-33-21-13-10-18(22(14-21)34-2)15-27-28-23(32)16-35-25-30-29-24(17-8-11-19(26)12-9-17)31(25)20-6-4-3-5-7-20/h3-15H,16H2,1-2H3,(H,28,32). The summed E-state index contributed by atoms with van der Waals surface area (Å²) >= 11 is 4.74. The van der Waals surface area contributed by atoms with Gasteiger partial charge in [0.15, 0.2) is 11.0 Å². The predicted octanol–water partition coefficient (Wildman–Crippen LogP) is 4.96. The van der Waals surface area contributed by atoms with Crippen molar-refractivity contribution in [2.24, 2.45) is 5.10 Å². The van der Waals surface area contributed by atoms with Gasteiger partial charge in [-0.05, 0) is 36.4 Å². The third-order valence-corrected chi connectivity index (χ3v) is 6.37. The quantitative estimate of drug-likeness (QED) is 0.180. The molecule has 4 rings (SSSR count). The minimum absolute atomic E-state index is 0.113. The fourth-order valence-electron chi connectivity index (χ4n) is 3.22. The molecule has 1 amide bonds. The zero-order chi connectivity index (χ0) is 24.6. The summed E-state index contributed by atoms with van der Waals surface area (Å²) in [5, 5.41) is 13.4. The Morgan fingerprint density at radius 2 is 1.83 bits per heavy atom. The molecule has 0 saturated carbocycles. The van der Waals surface area contributed by atoms with Gasteiger partial charge in [0.05, 0.1) is 26.2 Å². The molecule has 0 unspecified atom stereocenters. The van der Waals surface area contributed by atoms with Gasteiger partial charge in [-0.25, -0.2) is 5.43 Å². The Labute approximate surface area is 215 Å². The molecule has 0 radical (unpaired) electrons. The van der Waals surface area contributed by atoms with Crippen LogP contribution in [-0.2, 0) is 4.79 Å². The van der Waals surface area contributed by atoms with E-state index >= 15 is 0 Å². The average molecular weight is 552 g/mol. The maximum absolute atomic E-state index is 12.5. The molecule has 3 aromatic carbocycles. The van der Waals surface area contributed by atoms with Crippen LogP contribution in [0.3, 0.4) is 0 Å². The van der Waals surface area contributed by atoms with Crippen LogP contribution in [0, 0.1) is 0 Å². The summed E-state index contributed by atoms with van der Waals surface area (Å²) in [7, 11) is 3.15. The number of amides is 1. The highest BCUT2D eigenvalue weighted by Gasteiger charge is 2.17. The van der Waals surface area contributed by atoms with Crippen LogP contribution in [0.2, 0.25) is 0 Å². The Balaban J connectivity index is 1.47. The highest BCUT2D eigenvalue weighted by Crippen LogP contribution is 2.28. The van der Waals surface area contributed by atoms with Crippen molar-refractivity contribution in [2.45, 2.75) is 5.16 Å². The van der Waals surface area contributed by atoms with E-state index in [2.05, 4.69) is 36.7 Å². The lowest BCUT2D eigenvalue weighted by Crippen LogP contribution is -2.20. The van der Waals surface area contributed by atoms with Gasteiger partial charge in [0.1, 0.15) is 11.5 Å². The largest absolute Gasteiger partial charge is 0.497 e. The number of methoxy groups -OCH3 is 2. The number of aromatic nitrogens is 3. The molecule has 1 heterocycles. The molecule has 0 bridgehead atoms. The average Bonchev–Trinajstić information content (AvgIpc) is 3.32. The van der Waals surface area contributed by atoms with E-state index in [9.17, 15) is 4.79 Å². The maximum atomic E-state index is 12.5. The lowest BCUT2D eigenvalue weighted by molar-refractivity contribution is -0.118. The Bertz CT molecular complexity index is 1330. The molecule has 0 aliphatic carbocycles. The number of nitrogens with zero attached hydrogens (tertiary/aromatic N) is 4. The van der Waals surface area contributed by atoms with Crippen LogP contribution in [0.4, 0.5) is 0 Å². The van der Waals surface area contributed by atoms with Gasteiger partial charge in [-0.15, -0.1) is 10.2 Å². The SMILES string of the molecule is COc1ccc(C=NNC(=O)CSc2nnc(-c3ccc(Br)cc3)n2-c2ccccc2)c(OC)c1. The molecular formula is C25H22BrN5O3S. The summed E-state index contributed by atoms with van der Waals surface area (Å²) in [4.78, 5) is 12.5. The van der Waals surface area contributed by atoms with Crippen molar-refractivity contribution in [3.05, 3.63) is 82.8 Å². The Morgan fingerprint density at radius 1 is 1.06 bits per heavy atom. The predicted molar refractivity (Wildman–Crippen MR) is 141 cm³/mol. The zero-order valence-electron chi connectivity index (χ0n) is 19.0. The van der Waals surface area contributed by atoms with Crippen LogP contribution in [0.1, 0.15) is 5.56 Å². The monoisotopic (exact) mass is 551 g/mol. The Kier molecular flexibility index (Phi) is 8.17. The first-order valence-corrected chi connectivity index (χ1v) is 12.3. The summed E-state index contributed by atoms with van der Waals surface area (Å²) in [5.41, 5.74) is 5.08. The topological polar surface area (TPSA) is 90.6 Å². The van der Waals surface area contributed by atoms with Crippen molar-refractivity contribution in [1.29, 1.82) is 0 Å². The molecule has 10 heteroatoms. The smallest absolute Gasteiger partial charge is 0.250 e. The van der Waals surface area contributed by atoms with Crippen LogP contribution in [-0.4, -0.2) is 46.9 Å². The number of rotatable bonds is 9. The van der Waals surface area contributed by atoms with Crippen LogP contribution in [0.5, 0.6) is 11.5 Å². The second-order valence-electron chi connectivity index (χ2n) is 7.17. The third kappa shape index (κ3) is 6.09. The number of benzene rings is 3. The van der Waals surface area contributed by atoms with Crippen LogP contribution in [0.15, 0.2) is 87.5 Å². The summed E-state index contributed by atoms with van der Waals surface area (Å²) in [6.45, 7) is 0. The van der Waals surface area contributed by atoms with Crippen molar-refractivity contribution in [3.8, 4) is 28.6 Å². The summed E-state index contributed by atoms with van der Waals surface area (Å²) < 4.78 is 13.5. The normalized spacial score (nSPS) is 10.9. The first-order chi connectivity index (χ1) is 17.1. The molecule has 0 fully saturated rings. The second-order valence-corrected chi connectivity index (χ2v) is 9.03. The molecule has 178 valence electrons. The fraction of sp³-hybridized carbons (Fsp3) is 0.120. The van der Waals surface area contributed by atoms with Gasteiger partial charge in [0, 0.05) is 27.4 Å². The first-order valence-electron chi connectivity index (χ1n) is 10.5. The number of para-hydroxylation sites is 1. The van der Waals surface area contributed by atoms with Crippen molar-refractivity contribution in [2.75, 3.05) is 20.0 Å². The number of thioether (sulfide) groups is 1. The number of hydrogen-bond donors (Lipinski definition) is 1. The van der Waals surface area contributed by atoms with Gasteiger partial charge in [-0.1, -0.05) is 58.0 Å². The molecule has 0 aliphatic heterocycles. The molecule has 0 aliphatic rings. The second kappa shape index (κ2) is 11.7. The lowest BCUT2D eigenvalue weighted by Gasteiger charge is -2.10. The molecule has 1 aromatic heterocycles. The van der Waals surface area contributed by atoms with E-state index in [1.807, 2.05) is 59.2 Å². The number of carbonyl (C=O) groups is 1. The molecule has 0 atom stereocenters. The molecule has 8 nitrogen and oxygen atoms in total. The van der Waals surface area contributed by atoms with Crippen molar-refractivity contribution < 1.29 is 14.3 Å². The minimum atomic E-state index is -0.272. The van der Waals surface area contributed by atoms with E-state index in [4.69, 9.17) is 9.47 Å². The van der Waals surface area contributed by atoms with Crippen molar-refractivity contribution in [1.82, 2.24) is 20.2 Å². The maximum Gasteiger partial charge on any atom is 0.250 e. The molecule has 4 aromatic rings. The molecule has 0 saturated heterocycles. The third-order valence-electron chi connectivity index (χ3n) is 4.92. The van der Waals surface area contributed by atoms with Crippen LogP contribution >= 0.6 is 27.7 Å². The van der Waals surface area contributed by atoms with Crippen molar-refractivity contribution in [3.63, 3.8) is 0 Å². The van der Waals surface area contributed by atoms with Gasteiger partial charge in [0.2, 0.25) is 0 Å². The van der Waals surface area contributed by atoms with Crippen LogP contribution < -0.4 is 14.9 Å². The fourth-order valence-corrected chi connectivity index (χ4v) is 4.23. The van der Waals surface area contributed by atoms with E-state index in [-0.39, 0.29) is 11.7 Å². The van der Waals surface area contributed by atoms with Crippen molar-refractivity contribution >= 4 is 39.8 Å². The number of carbonyl (C=O) groups excluding carboxylic acids is 1. The Hall–Kier alpha value is -3.63. The lowest BCUT2D eigenvalue weighted by atomic mass is 10.2. The van der Waals surface area contributed by atoms with Gasteiger partial charge in [-0.3, -0.25) is 9.36 Å². The van der Waals surface area contributed by atoms with Crippen LogP contribution in [0.25, 0.3) is 17.1 Å². The van der Waals surface area contributed by atoms with E-state index in [1.165, 1.54) is 18.0 Å². The van der Waals surface area contributed by atoms with E-state index in [0.29, 0.717) is 28.0 Å². The highest BCUT2D eigenvalue weighted by molar-refractivity contribution is 9.10. The van der Waals surface area contributed by atoms with E-state index in [1.54, 1.807) is 32.4 Å². The Morgan fingerprint density at radius 3 is 2.54 bits per heavy atom. The van der Waals surface area contributed by atoms with E-state index < -0.39 is 0 Å². The molecule has 0 spiro atoms. The number of ether oxygens (including phenoxy) is 2. The highest BCUT2D eigenvalue weighted by atomic mass is 79.9. The number of hydrazone groups is 1. The zero-order valence-corrected chi connectivity index (χ0v) is 21.4. The molecular weight excluding hydrogens is 530 g/mol. The summed E-state index contributed by atoms with van der Waals surface area (Å²) in [5.74, 6) is 1.79. The van der Waals surface area contributed by atoms with Gasteiger partial charge >= 0.3 is 0 Å². The number of hydrogen-bond acceptors (Lipinski definition) is 7. The molecule has 35 heavy (non-hydrogen) atoms. The van der Waals surface area contributed by atoms with Gasteiger partial charge in [0.25, 0.3) is 5.91 Å². The summed E-state index contributed by atoms with van der Waals surface area (Å²) in [6.07, 6.45) is 1.53. The number of halogens is 1. The van der Waals surface area contributed by atoms with Gasteiger partial charge in [-0.2, -0.15) is 5.10 Å². The van der Waals surface area contributed by atoms with Gasteiger partial charge < -0.3 is 9.47 Å². The van der Waals surface area contributed by atoms with E-state index in [0.717, 1.165) is 15.7 Å². The minimum Gasteiger partial charge on any atom is -0.497 e.